The second kappa shape index (κ2) is 12.2. The Kier molecular flexibility index (Phi) is 9.65. The van der Waals surface area contributed by atoms with Crippen LogP contribution in [0.15, 0.2) is 29.1 Å². The number of benzene rings is 1. The molecule has 0 saturated heterocycles. The van der Waals surface area contributed by atoms with Gasteiger partial charge >= 0.3 is 5.97 Å². The summed E-state index contributed by atoms with van der Waals surface area (Å²) in [6.07, 6.45) is 1.94. The van der Waals surface area contributed by atoms with Crippen molar-refractivity contribution in [3.05, 3.63) is 46.1 Å². The van der Waals surface area contributed by atoms with E-state index in [0.29, 0.717) is 53.8 Å². The summed E-state index contributed by atoms with van der Waals surface area (Å²) in [5, 5.41) is 11.2. The van der Waals surface area contributed by atoms with Crippen molar-refractivity contribution >= 4 is 17.4 Å². The van der Waals surface area contributed by atoms with Gasteiger partial charge in [-0.15, -0.1) is 0 Å². The first-order chi connectivity index (χ1) is 16.2. The molecule has 0 aliphatic rings. The first kappa shape index (κ1) is 26.9. The first-order valence-electron chi connectivity index (χ1n) is 11.7. The van der Waals surface area contributed by atoms with Crippen LogP contribution in [0, 0.1) is 5.41 Å². The Balaban J connectivity index is 2.10. The summed E-state index contributed by atoms with van der Waals surface area (Å²) in [5.41, 5.74) is -0.200. The number of carbonyl (C=O) groups is 1. The Labute approximate surface area is 201 Å². The van der Waals surface area contributed by atoms with Crippen LogP contribution < -0.4 is 20.3 Å². The first-order valence-corrected chi connectivity index (χ1v) is 11.7. The zero-order valence-corrected chi connectivity index (χ0v) is 21.0. The number of carbonyl (C=O) groups excluding carboxylic acids is 1. The van der Waals surface area contributed by atoms with E-state index < -0.39 is 11.6 Å². The fraction of sp³-hybridized carbons (Fsp3) is 0.520. The standard InChI is InChI=1S/C25H36N4O5/c1-7-10-19(26)21-22(27-6)23(30)29(20(8-2)28-21)15-16-33-17-11-13-18(14-12-17)34-25(4,5)24(31)32-9-3/h11-14,26-27H,7-10,15-16H2,1-6H3. The number of aryl methyl sites for hydroxylation is 1. The topological polar surface area (TPSA) is 116 Å². The van der Waals surface area contributed by atoms with Gasteiger partial charge in [0.15, 0.2) is 5.60 Å². The highest BCUT2D eigenvalue weighted by Crippen LogP contribution is 2.23. The second-order valence-corrected chi connectivity index (χ2v) is 8.19. The molecular weight excluding hydrogens is 436 g/mol. The quantitative estimate of drug-likeness (QED) is 0.336. The Hall–Kier alpha value is -3.36. The maximum absolute atomic E-state index is 13.1. The van der Waals surface area contributed by atoms with Gasteiger partial charge in [-0.25, -0.2) is 9.78 Å². The Bertz CT molecular complexity index is 1040. The molecule has 2 aromatic rings. The van der Waals surface area contributed by atoms with Gasteiger partial charge in [-0.1, -0.05) is 20.3 Å². The molecule has 2 N–H and O–H groups in total. The summed E-state index contributed by atoms with van der Waals surface area (Å²) in [7, 11) is 1.67. The molecule has 9 nitrogen and oxygen atoms in total. The van der Waals surface area contributed by atoms with E-state index in [1.807, 2.05) is 13.8 Å². The molecule has 0 fully saturated rings. The van der Waals surface area contributed by atoms with Crippen LogP contribution in [0.3, 0.4) is 0 Å². The molecule has 0 aliphatic carbocycles. The Morgan fingerprint density at radius 1 is 1.15 bits per heavy atom. The van der Waals surface area contributed by atoms with Crippen LogP contribution in [0.4, 0.5) is 5.69 Å². The maximum atomic E-state index is 13.1. The third kappa shape index (κ3) is 6.59. The van der Waals surface area contributed by atoms with Crippen LogP contribution in [0.5, 0.6) is 11.5 Å². The van der Waals surface area contributed by atoms with Crippen molar-refractivity contribution in [2.24, 2.45) is 0 Å². The van der Waals surface area contributed by atoms with Crippen molar-refractivity contribution in [2.75, 3.05) is 25.6 Å². The molecule has 1 heterocycles. The van der Waals surface area contributed by atoms with Gasteiger partial charge < -0.3 is 24.9 Å². The summed E-state index contributed by atoms with van der Waals surface area (Å²) >= 11 is 0. The lowest BCUT2D eigenvalue weighted by Gasteiger charge is -2.24. The predicted molar refractivity (Wildman–Crippen MR) is 132 cm³/mol. The highest BCUT2D eigenvalue weighted by atomic mass is 16.6. The number of aromatic nitrogens is 2. The lowest BCUT2D eigenvalue weighted by molar-refractivity contribution is -0.158. The van der Waals surface area contributed by atoms with Crippen molar-refractivity contribution in [1.29, 1.82) is 5.41 Å². The lowest BCUT2D eigenvalue weighted by atomic mass is 10.1. The Morgan fingerprint density at radius 3 is 2.35 bits per heavy atom. The van der Waals surface area contributed by atoms with E-state index >= 15 is 0 Å². The van der Waals surface area contributed by atoms with E-state index in [-0.39, 0.29) is 18.8 Å². The number of hydrogen-bond donors (Lipinski definition) is 2. The molecule has 2 rings (SSSR count). The minimum Gasteiger partial charge on any atom is -0.492 e. The third-order valence-electron chi connectivity index (χ3n) is 5.15. The van der Waals surface area contributed by atoms with E-state index in [4.69, 9.17) is 19.6 Å². The van der Waals surface area contributed by atoms with Gasteiger partial charge in [0, 0.05) is 13.5 Å². The molecule has 0 bridgehead atoms. The summed E-state index contributed by atoms with van der Waals surface area (Å²) in [4.78, 5) is 29.7. The lowest BCUT2D eigenvalue weighted by Crippen LogP contribution is -2.39. The molecular formula is C25H36N4O5. The monoisotopic (exact) mass is 472 g/mol. The van der Waals surface area contributed by atoms with Gasteiger partial charge in [0.05, 0.1) is 18.9 Å². The van der Waals surface area contributed by atoms with Crippen LogP contribution in [-0.2, 0) is 22.5 Å². The summed E-state index contributed by atoms with van der Waals surface area (Å²) < 4.78 is 18.2. The van der Waals surface area contributed by atoms with Crippen LogP contribution in [0.25, 0.3) is 0 Å². The number of ether oxygens (including phenoxy) is 3. The fourth-order valence-corrected chi connectivity index (χ4v) is 3.41. The molecule has 0 atom stereocenters. The van der Waals surface area contributed by atoms with E-state index in [0.717, 1.165) is 6.42 Å². The number of anilines is 1. The van der Waals surface area contributed by atoms with E-state index in [2.05, 4.69) is 10.3 Å². The average Bonchev–Trinajstić information content (AvgIpc) is 2.80. The highest BCUT2D eigenvalue weighted by molar-refractivity contribution is 6.00. The van der Waals surface area contributed by atoms with Crippen molar-refractivity contribution in [3.63, 3.8) is 0 Å². The number of nitrogens with one attached hydrogen (secondary N) is 2. The molecule has 0 unspecified atom stereocenters. The average molecular weight is 473 g/mol. The van der Waals surface area contributed by atoms with Gasteiger partial charge in [0.25, 0.3) is 5.56 Å². The summed E-state index contributed by atoms with van der Waals surface area (Å²) in [6, 6.07) is 6.92. The van der Waals surface area contributed by atoms with Gasteiger partial charge in [0.1, 0.15) is 35.3 Å². The smallest absolute Gasteiger partial charge is 0.349 e. The number of rotatable bonds is 13. The van der Waals surface area contributed by atoms with Gasteiger partial charge in [-0.05, 0) is 51.5 Å². The molecule has 1 aromatic carbocycles. The molecule has 0 amide bonds. The zero-order chi connectivity index (χ0) is 25.3. The molecule has 186 valence electrons. The second-order valence-electron chi connectivity index (χ2n) is 8.19. The SMILES string of the molecule is CCCC(=N)c1nc(CC)n(CCOc2ccc(OC(C)(C)C(=O)OCC)cc2)c(=O)c1NC. The molecule has 1 aromatic heterocycles. The predicted octanol–water partition coefficient (Wildman–Crippen LogP) is 3.81. The van der Waals surface area contributed by atoms with Crippen LogP contribution >= 0.6 is 0 Å². The minimum atomic E-state index is -1.10. The third-order valence-corrected chi connectivity index (χ3v) is 5.15. The van der Waals surface area contributed by atoms with Crippen molar-refractivity contribution in [3.8, 4) is 11.5 Å². The van der Waals surface area contributed by atoms with E-state index in [9.17, 15) is 9.59 Å². The largest absolute Gasteiger partial charge is 0.492 e. The highest BCUT2D eigenvalue weighted by Gasteiger charge is 2.31. The number of nitrogens with zero attached hydrogens (tertiary/aromatic N) is 2. The van der Waals surface area contributed by atoms with Crippen LogP contribution in [-0.4, -0.2) is 47.1 Å². The van der Waals surface area contributed by atoms with Crippen molar-refractivity contribution in [1.82, 2.24) is 9.55 Å². The minimum absolute atomic E-state index is 0.209. The number of hydrogen-bond acceptors (Lipinski definition) is 8. The summed E-state index contributed by atoms with van der Waals surface area (Å²) in [5.74, 6) is 1.31. The molecule has 0 radical (unpaired) electrons. The van der Waals surface area contributed by atoms with Crippen molar-refractivity contribution in [2.45, 2.75) is 66.0 Å². The van der Waals surface area contributed by atoms with Gasteiger partial charge in [-0.3, -0.25) is 9.36 Å². The van der Waals surface area contributed by atoms with Crippen molar-refractivity contribution < 1.29 is 19.0 Å². The van der Waals surface area contributed by atoms with Gasteiger partial charge in [-0.2, -0.15) is 0 Å². The molecule has 9 heteroatoms. The fourth-order valence-electron chi connectivity index (χ4n) is 3.41. The van der Waals surface area contributed by atoms with E-state index in [1.165, 1.54) is 0 Å². The van der Waals surface area contributed by atoms with Gasteiger partial charge in [0.2, 0.25) is 0 Å². The normalized spacial score (nSPS) is 11.1. The Morgan fingerprint density at radius 2 is 1.79 bits per heavy atom. The van der Waals surface area contributed by atoms with Crippen LogP contribution in [0.1, 0.15) is 59.0 Å². The summed E-state index contributed by atoms with van der Waals surface area (Å²) in [6.45, 7) is 9.85. The maximum Gasteiger partial charge on any atom is 0.349 e. The zero-order valence-electron chi connectivity index (χ0n) is 21.0. The molecule has 34 heavy (non-hydrogen) atoms. The number of esters is 1. The molecule has 0 aliphatic heterocycles. The van der Waals surface area contributed by atoms with E-state index in [1.54, 1.807) is 56.7 Å². The molecule has 0 saturated carbocycles. The van der Waals surface area contributed by atoms with Crippen LogP contribution in [0.2, 0.25) is 0 Å². The molecule has 0 spiro atoms.